The molecule has 0 fully saturated rings. The minimum absolute atomic E-state index is 0.0894. The quantitative estimate of drug-likeness (QED) is 0.627. The topological polar surface area (TPSA) is 66.9 Å². The summed E-state index contributed by atoms with van der Waals surface area (Å²) in [5, 5.41) is 6.51. The fourth-order valence-electron chi connectivity index (χ4n) is 2.68. The van der Waals surface area contributed by atoms with E-state index in [-0.39, 0.29) is 24.0 Å². The number of amides is 1. The number of aryl methyl sites for hydroxylation is 1. The highest BCUT2D eigenvalue weighted by atomic mass is 35.5. The average molecular weight is 399 g/mol. The first-order chi connectivity index (χ1) is 13.5. The van der Waals surface area contributed by atoms with Gasteiger partial charge in [-0.15, -0.1) is 0 Å². The molecule has 0 aliphatic heterocycles. The number of hydrogen-bond acceptors (Lipinski definition) is 4. The molecule has 3 rings (SSSR count). The SMILES string of the molecule is Cc1cc(C(=O)NCc2ccccc2F)nc(NCCc2cccc(Cl)c2)n1. The first-order valence-electron chi connectivity index (χ1n) is 8.87. The molecule has 2 aromatic carbocycles. The zero-order valence-corrected chi connectivity index (χ0v) is 16.1. The molecule has 5 nitrogen and oxygen atoms in total. The lowest BCUT2D eigenvalue weighted by Crippen LogP contribution is -2.25. The summed E-state index contributed by atoms with van der Waals surface area (Å²) in [7, 11) is 0. The van der Waals surface area contributed by atoms with Gasteiger partial charge in [0.2, 0.25) is 5.95 Å². The van der Waals surface area contributed by atoms with Crippen LogP contribution in [0.5, 0.6) is 0 Å². The van der Waals surface area contributed by atoms with Crippen molar-refractivity contribution in [3.63, 3.8) is 0 Å². The van der Waals surface area contributed by atoms with Gasteiger partial charge in [-0.1, -0.05) is 41.9 Å². The smallest absolute Gasteiger partial charge is 0.270 e. The number of carbonyl (C=O) groups is 1. The lowest BCUT2D eigenvalue weighted by Gasteiger charge is -2.09. The summed E-state index contributed by atoms with van der Waals surface area (Å²) in [4.78, 5) is 21.0. The highest BCUT2D eigenvalue weighted by molar-refractivity contribution is 6.30. The van der Waals surface area contributed by atoms with Crippen molar-refractivity contribution in [1.29, 1.82) is 0 Å². The number of rotatable bonds is 7. The molecular weight excluding hydrogens is 379 g/mol. The average Bonchev–Trinajstić information content (AvgIpc) is 2.67. The maximum Gasteiger partial charge on any atom is 0.270 e. The fourth-order valence-corrected chi connectivity index (χ4v) is 2.90. The Bertz CT molecular complexity index is 980. The third-order valence-corrected chi connectivity index (χ3v) is 4.31. The van der Waals surface area contributed by atoms with Gasteiger partial charge in [0.15, 0.2) is 0 Å². The number of nitrogens with one attached hydrogen (secondary N) is 2. The van der Waals surface area contributed by atoms with Gasteiger partial charge in [0.05, 0.1) is 0 Å². The van der Waals surface area contributed by atoms with Crippen molar-refractivity contribution in [3.8, 4) is 0 Å². The molecule has 7 heteroatoms. The van der Waals surface area contributed by atoms with E-state index in [2.05, 4.69) is 20.6 Å². The molecule has 0 saturated carbocycles. The number of aromatic nitrogens is 2. The van der Waals surface area contributed by atoms with Crippen molar-refractivity contribution >= 4 is 23.5 Å². The van der Waals surface area contributed by atoms with Crippen LogP contribution >= 0.6 is 11.6 Å². The minimum Gasteiger partial charge on any atom is -0.354 e. The molecule has 0 bridgehead atoms. The first-order valence-corrected chi connectivity index (χ1v) is 9.24. The summed E-state index contributed by atoms with van der Waals surface area (Å²) in [6, 6.07) is 15.5. The standard InChI is InChI=1S/C21H20ClFN4O/c1-14-11-19(20(28)25-13-16-6-2-3-8-18(16)23)27-21(26-14)24-10-9-15-5-4-7-17(22)12-15/h2-8,11-12H,9-10,13H2,1H3,(H,25,28)(H,24,26,27). The molecule has 28 heavy (non-hydrogen) atoms. The van der Waals surface area contributed by atoms with E-state index in [1.807, 2.05) is 24.3 Å². The van der Waals surface area contributed by atoms with Gasteiger partial charge >= 0.3 is 0 Å². The third-order valence-electron chi connectivity index (χ3n) is 4.07. The fraction of sp³-hybridized carbons (Fsp3) is 0.190. The highest BCUT2D eigenvalue weighted by Crippen LogP contribution is 2.12. The largest absolute Gasteiger partial charge is 0.354 e. The van der Waals surface area contributed by atoms with Gasteiger partial charge in [0.1, 0.15) is 11.5 Å². The van der Waals surface area contributed by atoms with Crippen LogP contribution in [0.4, 0.5) is 10.3 Å². The minimum atomic E-state index is -0.383. The summed E-state index contributed by atoms with van der Waals surface area (Å²) in [6.07, 6.45) is 0.743. The van der Waals surface area contributed by atoms with Gasteiger partial charge in [-0.25, -0.2) is 14.4 Å². The predicted octanol–water partition coefficient (Wildman–Crippen LogP) is 4.16. The van der Waals surface area contributed by atoms with E-state index in [4.69, 9.17) is 11.6 Å². The van der Waals surface area contributed by atoms with E-state index in [0.717, 1.165) is 12.0 Å². The molecule has 0 radical (unpaired) electrons. The molecular formula is C21H20ClFN4O. The molecule has 1 aromatic heterocycles. The molecule has 0 aliphatic rings. The van der Waals surface area contributed by atoms with Crippen molar-refractivity contribution < 1.29 is 9.18 Å². The Labute approximate surface area is 168 Å². The van der Waals surface area contributed by atoms with Crippen molar-refractivity contribution in [2.24, 2.45) is 0 Å². The van der Waals surface area contributed by atoms with Gasteiger partial charge in [0.25, 0.3) is 5.91 Å². The van der Waals surface area contributed by atoms with Crippen LogP contribution in [0.2, 0.25) is 5.02 Å². The van der Waals surface area contributed by atoms with E-state index in [9.17, 15) is 9.18 Å². The molecule has 0 saturated heterocycles. The summed E-state index contributed by atoms with van der Waals surface area (Å²) in [5.41, 5.74) is 2.40. The van der Waals surface area contributed by atoms with Crippen molar-refractivity contribution in [3.05, 3.63) is 88.0 Å². The van der Waals surface area contributed by atoms with E-state index in [1.54, 1.807) is 31.2 Å². The molecule has 144 valence electrons. The maximum atomic E-state index is 13.7. The number of halogens is 2. The van der Waals surface area contributed by atoms with Crippen LogP contribution in [-0.2, 0) is 13.0 Å². The summed E-state index contributed by atoms with van der Waals surface area (Å²) < 4.78 is 13.7. The Morgan fingerprint density at radius 2 is 1.93 bits per heavy atom. The Morgan fingerprint density at radius 3 is 2.71 bits per heavy atom. The van der Waals surface area contributed by atoms with E-state index in [1.165, 1.54) is 6.07 Å². The molecule has 3 aromatic rings. The summed E-state index contributed by atoms with van der Waals surface area (Å²) in [6.45, 7) is 2.48. The van der Waals surface area contributed by atoms with Gasteiger partial charge in [-0.3, -0.25) is 4.79 Å². The van der Waals surface area contributed by atoms with Gasteiger partial charge in [-0.05, 0) is 43.2 Å². The normalized spacial score (nSPS) is 10.5. The van der Waals surface area contributed by atoms with Crippen LogP contribution in [0.25, 0.3) is 0 Å². The molecule has 0 aliphatic carbocycles. The van der Waals surface area contributed by atoms with Gasteiger partial charge in [0, 0.05) is 29.4 Å². The highest BCUT2D eigenvalue weighted by Gasteiger charge is 2.11. The van der Waals surface area contributed by atoms with Crippen molar-refractivity contribution in [2.45, 2.75) is 19.9 Å². The lowest BCUT2D eigenvalue weighted by atomic mass is 10.1. The molecule has 1 amide bonds. The second-order valence-electron chi connectivity index (χ2n) is 6.30. The van der Waals surface area contributed by atoms with Crippen LogP contribution in [0.1, 0.15) is 27.3 Å². The Kier molecular flexibility index (Phi) is 6.55. The summed E-state index contributed by atoms with van der Waals surface area (Å²) in [5.74, 6) is -0.366. The molecule has 0 spiro atoms. The Morgan fingerprint density at radius 1 is 1.11 bits per heavy atom. The van der Waals surface area contributed by atoms with Crippen LogP contribution < -0.4 is 10.6 Å². The number of hydrogen-bond donors (Lipinski definition) is 2. The van der Waals surface area contributed by atoms with Gasteiger partial charge in [-0.2, -0.15) is 0 Å². The second kappa shape index (κ2) is 9.28. The number of benzene rings is 2. The summed E-state index contributed by atoms with van der Waals surface area (Å²) >= 11 is 5.99. The number of carbonyl (C=O) groups excluding carboxylic acids is 1. The zero-order valence-electron chi connectivity index (χ0n) is 15.4. The predicted molar refractivity (Wildman–Crippen MR) is 108 cm³/mol. The Hall–Kier alpha value is -2.99. The molecule has 0 unspecified atom stereocenters. The van der Waals surface area contributed by atoms with Crippen molar-refractivity contribution in [1.82, 2.24) is 15.3 Å². The van der Waals surface area contributed by atoms with E-state index >= 15 is 0 Å². The van der Waals surface area contributed by atoms with Gasteiger partial charge < -0.3 is 10.6 Å². The lowest BCUT2D eigenvalue weighted by molar-refractivity contribution is 0.0945. The van der Waals surface area contributed by atoms with E-state index < -0.39 is 0 Å². The first kappa shape index (κ1) is 19.8. The van der Waals surface area contributed by atoms with E-state index in [0.29, 0.717) is 28.8 Å². The Balaban J connectivity index is 1.60. The third kappa shape index (κ3) is 5.50. The van der Waals surface area contributed by atoms with Crippen LogP contribution in [0, 0.1) is 12.7 Å². The monoisotopic (exact) mass is 398 g/mol. The number of nitrogens with zero attached hydrogens (tertiary/aromatic N) is 2. The van der Waals surface area contributed by atoms with Crippen LogP contribution in [-0.4, -0.2) is 22.4 Å². The second-order valence-corrected chi connectivity index (χ2v) is 6.74. The van der Waals surface area contributed by atoms with Crippen LogP contribution in [0.15, 0.2) is 54.6 Å². The molecule has 2 N–H and O–H groups in total. The number of anilines is 1. The molecule has 1 heterocycles. The zero-order chi connectivity index (χ0) is 19.9. The van der Waals surface area contributed by atoms with Crippen molar-refractivity contribution in [2.75, 3.05) is 11.9 Å². The maximum absolute atomic E-state index is 13.7. The van der Waals surface area contributed by atoms with Crippen LogP contribution in [0.3, 0.4) is 0 Å². The molecule has 0 atom stereocenters.